The van der Waals surface area contributed by atoms with Gasteiger partial charge in [-0.25, -0.2) is 0 Å². The molecule has 0 spiro atoms. The molecule has 24 heavy (non-hydrogen) atoms. The van der Waals surface area contributed by atoms with E-state index >= 15 is 0 Å². The molecule has 2 nitrogen and oxygen atoms in total. The zero-order chi connectivity index (χ0) is 16.2. The van der Waals surface area contributed by atoms with Crippen LogP contribution in [0.2, 0.25) is 6.32 Å². The van der Waals surface area contributed by atoms with Crippen LogP contribution in [0.15, 0.2) is 84.9 Å². The fourth-order valence-corrected chi connectivity index (χ4v) is 5.28. The van der Waals surface area contributed by atoms with Gasteiger partial charge in [0.2, 0.25) is 0 Å². The third-order valence-electron chi connectivity index (χ3n) is 4.09. The Bertz CT molecular complexity index is 731. The molecule has 0 aliphatic carbocycles. The van der Waals surface area contributed by atoms with Crippen molar-refractivity contribution in [1.82, 2.24) is 0 Å². The Labute approximate surface area is 144 Å². The van der Waals surface area contributed by atoms with Crippen LogP contribution in [0.25, 0.3) is 0 Å². The van der Waals surface area contributed by atoms with E-state index in [1.165, 1.54) is 10.6 Å². The fraction of sp³-hybridized carbons (Fsp3) is 0.100. The molecule has 0 amide bonds. The molecule has 1 heterocycles. The van der Waals surface area contributed by atoms with Gasteiger partial charge in [-0.15, -0.1) is 0 Å². The Morgan fingerprint density at radius 3 is 1.58 bits per heavy atom. The summed E-state index contributed by atoms with van der Waals surface area (Å²) in [6.45, 7) is 0. The Morgan fingerprint density at radius 2 is 1.08 bits per heavy atom. The highest BCUT2D eigenvalue weighted by Gasteiger charge is 2.32. The van der Waals surface area contributed by atoms with Gasteiger partial charge in [-0.2, -0.15) is 0 Å². The SMILES string of the molecule is c1ccc(P(CCB2Oc3ccccc3O2)c2ccccc2)cc1. The average molecular weight is 332 g/mol. The molecule has 0 unspecified atom stereocenters. The van der Waals surface area contributed by atoms with Gasteiger partial charge in [0.1, 0.15) is 11.5 Å². The van der Waals surface area contributed by atoms with E-state index in [-0.39, 0.29) is 7.12 Å². The smallest absolute Gasteiger partial charge is 0.523 e. The van der Waals surface area contributed by atoms with E-state index < -0.39 is 7.92 Å². The normalized spacial score (nSPS) is 12.6. The van der Waals surface area contributed by atoms with Crippen LogP contribution in [0.4, 0.5) is 0 Å². The molecule has 1 aliphatic heterocycles. The first-order valence-electron chi connectivity index (χ1n) is 8.20. The van der Waals surface area contributed by atoms with E-state index in [1.54, 1.807) is 0 Å². The van der Waals surface area contributed by atoms with Crippen molar-refractivity contribution in [1.29, 1.82) is 0 Å². The zero-order valence-corrected chi connectivity index (χ0v) is 14.2. The van der Waals surface area contributed by atoms with Crippen molar-refractivity contribution in [3.8, 4) is 11.5 Å². The van der Waals surface area contributed by atoms with E-state index in [0.717, 1.165) is 24.0 Å². The van der Waals surface area contributed by atoms with Crippen LogP contribution in [0.5, 0.6) is 11.5 Å². The Hall–Kier alpha value is -2.25. The molecule has 0 saturated heterocycles. The summed E-state index contributed by atoms with van der Waals surface area (Å²) >= 11 is 0. The highest BCUT2D eigenvalue weighted by atomic mass is 31.1. The lowest BCUT2D eigenvalue weighted by Crippen LogP contribution is -2.26. The zero-order valence-electron chi connectivity index (χ0n) is 13.3. The minimum Gasteiger partial charge on any atom is -0.523 e. The van der Waals surface area contributed by atoms with Crippen molar-refractivity contribution in [2.75, 3.05) is 6.16 Å². The number of benzene rings is 3. The Balaban J connectivity index is 1.49. The van der Waals surface area contributed by atoms with Gasteiger partial charge >= 0.3 is 7.12 Å². The molecule has 0 fully saturated rings. The molecular weight excluding hydrogens is 314 g/mol. The maximum atomic E-state index is 5.92. The molecule has 4 heteroatoms. The van der Waals surface area contributed by atoms with E-state index in [0.29, 0.717) is 0 Å². The van der Waals surface area contributed by atoms with Gasteiger partial charge in [0, 0.05) is 6.32 Å². The number of para-hydroxylation sites is 2. The lowest BCUT2D eigenvalue weighted by Gasteiger charge is -2.19. The number of hydrogen-bond donors (Lipinski definition) is 0. The summed E-state index contributed by atoms with van der Waals surface area (Å²) in [7, 11) is -0.584. The van der Waals surface area contributed by atoms with Crippen LogP contribution < -0.4 is 19.9 Å². The lowest BCUT2D eigenvalue weighted by atomic mass is 9.87. The van der Waals surface area contributed by atoms with Crippen molar-refractivity contribution in [2.24, 2.45) is 0 Å². The first kappa shape index (κ1) is 15.3. The largest absolute Gasteiger partial charge is 0.595 e. The topological polar surface area (TPSA) is 18.5 Å². The maximum absolute atomic E-state index is 5.92. The van der Waals surface area contributed by atoms with Crippen LogP contribution >= 0.6 is 7.92 Å². The maximum Gasteiger partial charge on any atom is 0.595 e. The molecular formula is C20H18BO2P. The van der Waals surface area contributed by atoms with Gasteiger partial charge in [0.25, 0.3) is 0 Å². The average Bonchev–Trinajstić information content (AvgIpc) is 3.07. The van der Waals surface area contributed by atoms with Crippen LogP contribution in [-0.2, 0) is 0 Å². The molecule has 1 aliphatic rings. The summed E-state index contributed by atoms with van der Waals surface area (Å²) < 4.78 is 11.8. The van der Waals surface area contributed by atoms with Gasteiger partial charge in [-0.1, -0.05) is 72.8 Å². The lowest BCUT2D eigenvalue weighted by molar-refractivity contribution is 0.500. The summed E-state index contributed by atoms with van der Waals surface area (Å²) in [5.74, 6) is 1.71. The summed E-state index contributed by atoms with van der Waals surface area (Å²) in [6, 6.07) is 29.4. The number of hydrogen-bond acceptors (Lipinski definition) is 2. The van der Waals surface area contributed by atoms with Crippen LogP contribution in [-0.4, -0.2) is 13.3 Å². The second-order valence-corrected chi connectivity index (χ2v) is 8.06. The minimum absolute atomic E-state index is 0.181. The molecule has 3 aromatic rings. The predicted molar refractivity (Wildman–Crippen MR) is 102 cm³/mol. The molecule has 0 radical (unpaired) electrons. The van der Waals surface area contributed by atoms with Gasteiger partial charge in [0.15, 0.2) is 0 Å². The fourth-order valence-electron chi connectivity index (χ4n) is 2.93. The van der Waals surface area contributed by atoms with Gasteiger partial charge in [-0.3, -0.25) is 0 Å². The molecule has 0 saturated carbocycles. The molecule has 4 rings (SSSR count). The van der Waals surface area contributed by atoms with Crippen LogP contribution in [0.3, 0.4) is 0 Å². The van der Waals surface area contributed by atoms with Crippen LogP contribution in [0.1, 0.15) is 0 Å². The Kier molecular flexibility index (Phi) is 4.53. The van der Waals surface area contributed by atoms with Gasteiger partial charge < -0.3 is 9.31 Å². The summed E-state index contributed by atoms with van der Waals surface area (Å²) in [4.78, 5) is 0. The summed E-state index contributed by atoms with van der Waals surface area (Å²) in [6.07, 6.45) is 1.92. The first-order valence-corrected chi connectivity index (χ1v) is 9.73. The van der Waals surface area contributed by atoms with E-state index in [4.69, 9.17) is 9.31 Å². The quantitative estimate of drug-likeness (QED) is 0.518. The standard InChI is InChI=1S/C20H18BO2P/c1-3-9-17(10-4-1)24(18-11-5-2-6-12-18)16-15-21-22-19-13-7-8-14-20(19)23-21/h1-14H,15-16H2. The van der Waals surface area contributed by atoms with E-state index in [9.17, 15) is 0 Å². The van der Waals surface area contributed by atoms with Crippen molar-refractivity contribution in [2.45, 2.75) is 6.32 Å². The summed E-state index contributed by atoms with van der Waals surface area (Å²) in [5.41, 5.74) is 0. The second kappa shape index (κ2) is 7.11. The minimum atomic E-state index is -0.403. The molecule has 0 bridgehead atoms. The van der Waals surface area contributed by atoms with Crippen molar-refractivity contribution in [3.05, 3.63) is 84.9 Å². The molecule has 0 atom stereocenters. The third kappa shape index (κ3) is 3.32. The third-order valence-corrected chi connectivity index (χ3v) is 6.64. The van der Waals surface area contributed by atoms with E-state index in [2.05, 4.69) is 60.7 Å². The molecule has 3 aromatic carbocycles. The predicted octanol–water partition coefficient (Wildman–Crippen LogP) is 4.08. The Morgan fingerprint density at radius 1 is 0.625 bits per heavy atom. The van der Waals surface area contributed by atoms with Crippen molar-refractivity contribution in [3.63, 3.8) is 0 Å². The molecule has 0 N–H and O–H groups in total. The van der Waals surface area contributed by atoms with Gasteiger partial charge in [0.05, 0.1) is 0 Å². The van der Waals surface area contributed by atoms with Crippen LogP contribution in [0, 0.1) is 0 Å². The number of rotatable bonds is 5. The van der Waals surface area contributed by atoms with Crippen molar-refractivity contribution >= 4 is 25.6 Å². The van der Waals surface area contributed by atoms with E-state index in [1.807, 2.05) is 24.3 Å². The highest BCUT2D eigenvalue weighted by molar-refractivity contribution is 7.73. The highest BCUT2D eigenvalue weighted by Crippen LogP contribution is 2.38. The van der Waals surface area contributed by atoms with Gasteiger partial charge in [-0.05, 0) is 36.8 Å². The molecule has 118 valence electrons. The second-order valence-electron chi connectivity index (χ2n) is 5.72. The van der Waals surface area contributed by atoms with Crippen molar-refractivity contribution < 1.29 is 9.31 Å². The molecule has 0 aromatic heterocycles. The first-order chi connectivity index (χ1) is 11.9. The summed E-state index contributed by atoms with van der Waals surface area (Å²) in [5, 5.41) is 2.79. The monoisotopic (exact) mass is 332 g/mol. The number of fused-ring (bicyclic) bond motifs is 1.